The Morgan fingerprint density at radius 2 is 1.70 bits per heavy atom. The van der Waals surface area contributed by atoms with Crippen molar-refractivity contribution in [1.29, 1.82) is 0 Å². The number of ether oxygens (including phenoxy) is 2. The molecule has 0 radical (unpaired) electrons. The fourth-order valence-electron chi connectivity index (χ4n) is 1.77. The molecule has 2 N–H and O–H groups in total. The average molecular weight is 282 g/mol. The van der Waals surface area contributed by atoms with Crippen LogP contribution in [0.2, 0.25) is 0 Å². The predicted molar refractivity (Wildman–Crippen MR) is 71.2 cm³/mol. The molecule has 6 nitrogen and oxygen atoms in total. The van der Waals surface area contributed by atoms with Crippen LogP contribution in [0, 0.1) is 5.92 Å². The van der Waals surface area contributed by atoms with E-state index in [4.69, 9.17) is 19.7 Å². The second kappa shape index (κ2) is 7.37. The van der Waals surface area contributed by atoms with Gasteiger partial charge in [0.05, 0.1) is 13.2 Å². The van der Waals surface area contributed by atoms with Gasteiger partial charge in [0.2, 0.25) is 0 Å². The molecule has 0 aliphatic carbocycles. The fourth-order valence-corrected chi connectivity index (χ4v) is 1.77. The number of carboxylic acids is 2. The highest BCUT2D eigenvalue weighted by Crippen LogP contribution is 2.27. The molecule has 110 valence electrons. The lowest BCUT2D eigenvalue weighted by Crippen LogP contribution is -2.25. The Morgan fingerprint density at radius 3 is 2.20 bits per heavy atom. The van der Waals surface area contributed by atoms with Crippen LogP contribution in [0.25, 0.3) is 0 Å². The fraction of sp³-hybridized carbons (Fsp3) is 0.429. The quantitative estimate of drug-likeness (QED) is 0.706. The summed E-state index contributed by atoms with van der Waals surface area (Å²) in [6, 6.07) is 4.98. The first-order valence-electron chi connectivity index (χ1n) is 6.33. The number of hydrogen-bond acceptors (Lipinski definition) is 4. The second-order valence-electron chi connectivity index (χ2n) is 4.07. The minimum absolute atomic E-state index is 0.152. The van der Waals surface area contributed by atoms with Gasteiger partial charge in [-0.25, -0.2) is 0 Å². The Balaban J connectivity index is 3.07. The molecule has 0 bridgehead atoms. The van der Waals surface area contributed by atoms with Crippen molar-refractivity contribution in [1.82, 2.24) is 0 Å². The van der Waals surface area contributed by atoms with Crippen LogP contribution in [0.5, 0.6) is 11.5 Å². The molecule has 1 rings (SSSR count). The molecular formula is C14H18O6. The van der Waals surface area contributed by atoms with E-state index < -0.39 is 17.9 Å². The molecule has 0 aromatic heterocycles. The van der Waals surface area contributed by atoms with E-state index in [1.54, 1.807) is 25.1 Å². The first-order valence-corrected chi connectivity index (χ1v) is 6.33. The number of carbonyl (C=O) groups is 2. The van der Waals surface area contributed by atoms with Crippen LogP contribution in [0.15, 0.2) is 18.2 Å². The van der Waals surface area contributed by atoms with Crippen LogP contribution in [-0.2, 0) is 16.0 Å². The van der Waals surface area contributed by atoms with Gasteiger partial charge in [-0.2, -0.15) is 0 Å². The van der Waals surface area contributed by atoms with Crippen molar-refractivity contribution >= 4 is 11.9 Å². The van der Waals surface area contributed by atoms with E-state index in [1.165, 1.54) is 0 Å². The molecule has 1 aromatic rings. The third-order valence-electron chi connectivity index (χ3n) is 2.66. The Kier molecular flexibility index (Phi) is 5.83. The third kappa shape index (κ3) is 4.15. The highest BCUT2D eigenvalue weighted by Gasteiger charge is 2.27. The molecule has 0 amide bonds. The van der Waals surface area contributed by atoms with E-state index in [9.17, 15) is 9.59 Å². The van der Waals surface area contributed by atoms with Gasteiger partial charge in [-0.1, -0.05) is 0 Å². The molecule has 0 saturated carbocycles. The van der Waals surface area contributed by atoms with Crippen molar-refractivity contribution in [2.75, 3.05) is 13.2 Å². The first-order chi connectivity index (χ1) is 9.49. The lowest BCUT2D eigenvalue weighted by Gasteiger charge is -2.14. The molecule has 0 aliphatic heterocycles. The van der Waals surface area contributed by atoms with Gasteiger partial charge in [-0.15, -0.1) is 0 Å². The number of benzene rings is 1. The minimum atomic E-state index is -1.51. The maximum absolute atomic E-state index is 11.0. The van der Waals surface area contributed by atoms with Gasteiger partial charge >= 0.3 is 11.9 Å². The Bertz CT molecular complexity index is 469. The van der Waals surface area contributed by atoms with Crippen LogP contribution in [0.1, 0.15) is 19.4 Å². The van der Waals surface area contributed by atoms with Gasteiger partial charge in [0.25, 0.3) is 0 Å². The topological polar surface area (TPSA) is 93.1 Å². The highest BCUT2D eigenvalue weighted by atomic mass is 16.5. The zero-order valence-corrected chi connectivity index (χ0v) is 11.5. The van der Waals surface area contributed by atoms with E-state index in [0.29, 0.717) is 30.3 Å². The lowest BCUT2D eigenvalue weighted by molar-refractivity contribution is -0.154. The molecule has 6 heteroatoms. The van der Waals surface area contributed by atoms with Gasteiger partial charge in [0, 0.05) is 6.42 Å². The minimum Gasteiger partial charge on any atom is -0.494 e. The Hall–Kier alpha value is -2.24. The number of aliphatic carboxylic acids is 2. The predicted octanol–water partition coefficient (Wildman–Crippen LogP) is 1.81. The summed E-state index contributed by atoms with van der Waals surface area (Å²) < 4.78 is 10.7. The maximum atomic E-state index is 11.0. The van der Waals surface area contributed by atoms with Crippen molar-refractivity contribution in [3.8, 4) is 11.5 Å². The monoisotopic (exact) mass is 282 g/mol. The van der Waals surface area contributed by atoms with Crippen LogP contribution < -0.4 is 9.47 Å². The van der Waals surface area contributed by atoms with E-state index in [-0.39, 0.29) is 6.42 Å². The van der Waals surface area contributed by atoms with E-state index in [1.807, 2.05) is 6.92 Å². The molecule has 1 aromatic carbocycles. The normalized spacial score (nSPS) is 10.3. The molecular weight excluding hydrogens is 264 g/mol. The van der Waals surface area contributed by atoms with Crippen molar-refractivity contribution < 1.29 is 29.3 Å². The standard InChI is InChI=1S/C14H18O6/c1-3-19-10-5-6-12(20-4-2)9(7-10)8-11(13(15)16)14(17)18/h5-7,11H,3-4,8H2,1-2H3,(H,15,16)(H,17,18). The number of carboxylic acid groups (broad SMARTS) is 2. The summed E-state index contributed by atoms with van der Waals surface area (Å²) in [5, 5.41) is 17.9. The Labute approximate surface area is 116 Å². The van der Waals surface area contributed by atoms with Crippen molar-refractivity contribution in [2.45, 2.75) is 20.3 Å². The first kappa shape index (κ1) is 15.8. The Morgan fingerprint density at radius 1 is 1.10 bits per heavy atom. The molecule has 0 fully saturated rings. The van der Waals surface area contributed by atoms with Crippen molar-refractivity contribution in [3.63, 3.8) is 0 Å². The SMILES string of the molecule is CCOc1ccc(OCC)c(CC(C(=O)O)C(=O)O)c1. The highest BCUT2D eigenvalue weighted by molar-refractivity contribution is 5.93. The van der Waals surface area contributed by atoms with Crippen LogP contribution >= 0.6 is 0 Å². The zero-order valence-electron chi connectivity index (χ0n) is 11.5. The smallest absolute Gasteiger partial charge is 0.318 e. The summed E-state index contributed by atoms with van der Waals surface area (Å²) in [5.74, 6) is -3.22. The van der Waals surface area contributed by atoms with Crippen LogP contribution in [0.3, 0.4) is 0 Å². The zero-order chi connectivity index (χ0) is 15.1. The van der Waals surface area contributed by atoms with Gasteiger partial charge in [0.15, 0.2) is 5.92 Å². The van der Waals surface area contributed by atoms with Gasteiger partial charge in [-0.05, 0) is 37.6 Å². The molecule has 0 atom stereocenters. The molecule has 0 heterocycles. The third-order valence-corrected chi connectivity index (χ3v) is 2.66. The van der Waals surface area contributed by atoms with E-state index in [0.717, 1.165) is 0 Å². The molecule has 0 unspecified atom stereocenters. The number of rotatable bonds is 8. The summed E-state index contributed by atoms with van der Waals surface area (Å²) in [7, 11) is 0. The van der Waals surface area contributed by atoms with Crippen LogP contribution in [-0.4, -0.2) is 35.4 Å². The summed E-state index contributed by atoms with van der Waals surface area (Å²) >= 11 is 0. The van der Waals surface area contributed by atoms with Crippen molar-refractivity contribution in [2.24, 2.45) is 5.92 Å². The van der Waals surface area contributed by atoms with Gasteiger partial charge in [-0.3, -0.25) is 9.59 Å². The van der Waals surface area contributed by atoms with E-state index in [2.05, 4.69) is 0 Å². The molecule has 0 aliphatic rings. The summed E-state index contributed by atoms with van der Waals surface area (Å²) in [5.41, 5.74) is 0.507. The van der Waals surface area contributed by atoms with Crippen LogP contribution in [0.4, 0.5) is 0 Å². The molecule has 20 heavy (non-hydrogen) atoms. The lowest BCUT2D eigenvalue weighted by atomic mass is 9.98. The van der Waals surface area contributed by atoms with Crippen molar-refractivity contribution in [3.05, 3.63) is 23.8 Å². The second-order valence-corrected chi connectivity index (χ2v) is 4.07. The summed E-state index contributed by atoms with van der Waals surface area (Å²) in [6.45, 7) is 4.50. The van der Waals surface area contributed by atoms with Gasteiger partial charge in [0.1, 0.15) is 11.5 Å². The largest absolute Gasteiger partial charge is 0.494 e. The number of hydrogen-bond donors (Lipinski definition) is 2. The summed E-state index contributed by atoms with van der Waals surface area (Å²) in [6.07, 6.45) is -0.152. The molecule has 0 spiro atoms. The average Bonchev–Trinajstić information content (AvgIpc) is 2.38. The van der Waals surface area contributed by atoms with E-state index >= 15 is 0 Å². The summed E-state index contributed by atoms with van der Waals surface area (Å²) in [4.78, 5) is 21.9. The van der Waals surface area contributed by atoms with Gasteiger partial charge < -0.3 is 19.7 Å². The molecule has 0 saturated heterocycles. The maximum Gasteiger partial charge on any atom is 0.318 e.